The summed E-state index contributed by atoms with van der Waals surface area (Å²) < 4.78 is 5.36. The van der Waals surface area contributed by atoms with Gasteiger partial charge in [-0.25, -0.2) is 4.79 Å². The molecular formula is C20H34O4. The van der Waals surface area contributed by atoms with Crippen LogP contribution in [0.3, 0.4) is 0 Å². The quantitative estimate of drug-likeness (QED) is 0.170. The Bertz CT molecular complexity index is 405. The fourth-order valence-electron chi connectivity index (χ4n) is 3.11. The Balaban J connectivity index is 2.33. The molecule has 1 heterocycles. The number of rotatable bonds is 12. The van der Waals surface area contributed by atoms with Gasteiger partial charge in [0.15, 0.2) is 5.78 Å². The predicted octanol–water partition coefficient (Wildman–Crippen LogP) is 5.40. The van der Waals surface area contributed by atoms with Gasteiger partial charge in [-0.3, -0.25) is 4.79 Å². The normalized spacial score (nSPS) is 20.2. The van der Waals surface area contributed by atoms with Crippen LogP contribution in [0.25, 0.3) is 0 Å². The van der Waals surface area contributed by atoms with Crippen LogP contribution in [0.2, 0.25) is 0 Å². The molecule has 1 fully saturated rings. The minimum absolute atomic E-state index is 0.0900. The molecule has 1 aliphatic rings. The fraction of sp³-hybridized carbons (Fsp3) is 0.800. The second-order valence-corrected chi connectivity index (χ2v) is 6.84. The third-order valence-electron chi connectivity index (χ3n) is 4.61. The van der Waals surface area contributed by atoms with Crippen LogP contribution >= 0.6 is 0 Å². The molecule has 1 rings (SSSR count). The number of aliphatic hydroxyl groups is 1. The molecule has 1 atom stereocenters. The summed E-state index contributed by atoms with van der Waals surface area (Å²) in [6, 6.07) is 0. The summed E-state index contributed by atoms with van der Waals surface area (Å²) in [5, 5.41) is 10.0. The summed E-state index contributed by atoms with van der Waals surface area (Å²) in [5.41, 5.74) is -0.109. The molecule has 0 radical (unpaired) electrons. The number of ether oxygens (including phenoxy) is 1. The molecule has 1 saturated heterocycles. The van der Waals surface area contributed by atoms with Gasteiger partial charge in [0.2, 0.25) is 0 Å². The minimum Gasteiger partial charge on any atom is -0.511 e. The van der Waals surface area contributed by atoms with Crippen molar-refractivity contribution in [2.75, 3.05) is 0 Å². The summed E-state index contributed by atoms with van der Waals surface area (Å²) in [6.45, 7) is 4.28. The molecule has 0 aromatic rings. The van der Waals surface area contributed by atoms with E-state index in [2.05, 4.69) is 13.8 Å². The van der Waals surface area contributed by atoms with Crippen LogP contribution in [-0.4, -0.2) is 23.0 Å². The zero-order valence-corrected chi connectivity index (χ0v) is 15.4. The van der Waals surface area contributed by atoms with E-state index in [1.165, 1.54) is 32.1 Å². The second-order valence-electron chi connectivity index (χ2n) is 6.84. The second kappa shape index (κ2) is 12.1. The fourth-order valence-corrected chi connectivity index (χ4v) is 3.11. The van der Waals surface area contributed by atoms with Crippen LogP contribution in [0.1, 0.15) is 97.3 Å². The standard InChI is InChI=1S/C20H34O4/c1-3-5-7-8-9-10-12-13-16-15-18(22)19(20(23)24-16)17(21)14-11-6-4-2/h16,21H,3-15H2,1-2H3/b19-17+. The summed E-state index contributed by atoms with van der Waals surface area (Å²) in [5.74, 6) is -0.978. The van der Waals surface area contributed by atoms with Gasteiger partial charge in [0.1, 0.15) is 17.4 Å². The number of cyclic esters (lactones) is 1. The molecule has 1 aliphatic heterocycles. The Hall–Kier alpha value is -1.32. The van der Waals surface area contributed by atoms with E-state index in [1.54, 1.807) is 0 Å². The number of esters is 1. The number of carbonyl (C=O) groups excluding carboxylic acids is 2. The van der Waals surface area contributed by atoms with Crippen molar-refractivity contribution in [2.45, 2.75) is 103 Å². The highest BCUT2D eigenvalue weighted by Crippen LogP contribution is 2.24. The highest BCUT2D eigenvalue weighted by molar-refractivity contribution is 6.19. The van der Waals surface area contributed by atoms with Gasteiger partial charge in [-0.15, -0.1) is 0 Å². The lowest BCUT2D eigenvalue weighted by molar-refractivity contribution is -0.151. The monoisotopic (exact) mass is 338 g/mol. The Labute approximate surface area is 146 Å². The maximum Gasteiger partial charge on any atom is 0.345 e. The zero-order chi connectivity index (χ0) is 17.8. The summed E-state index contributed by atoms with van der Waals surface area (Å²) >= 11 is 0. The molecule has 0 aliphatic carbocycles. The van der Waals surface area contributed by atoms with Gasteiger partial charge in [-0.05, 0) is 19.3 Å². The Morgan fingerprint density at radius 2 is 1.54 bits per heavy atom. The first-order chi connectivity index (χ1) is 11.6. The highest BCUT2D eigenvalue weighted by Gasteiger charge is 2.34. The van der Waals surface area contributed by atoms with E-state index < -0.39 is 5.97 Å². The number of ketones is 1. The molecular weight excluding hydrogens is 304 g/mol. The molecule has 0 bridgehead atoms. The number of carbonyl (C=O) groups is 2. The lowest BCUT2D eigenvalue weighted by Crippen LogP contribution is -2.33. The van der Waals surface area contributed by atoms with Crippen molar-refractivity contribution in [1.29, 1.82) is 0 Å². The molecule has 4 heteroatoms. The van der Waals surface area contributed by atoms with Crippen molar-refractivity contribution in [1.82, 2.24) is 0 Å². The number of aliphatic hydroxyl groups excluding tert-OH is 1. The molecule has 1 N–H and O–H groups in total. The SMILES string of the molecule is CCCCCCCCCC1CC(=O)/C(=C(\O)CCCCC)C(=O)O1. The maximum atomic E-state index is 12.2. The van der Waals surface area contributed by atoms with Gasteiger partial charge in [-0.1, -0.05) is 65.2 Å². The van der Waals surface area contributed by atoms with Crippen molar-refractivity contribution < 1.29 is 19.4 Å². The number of unbranched alkanes of at least 4 members (excludes halogenated alkanes) is 8. The molecule has 0 amide bonds. The van der Waals surface area contributed by atoms with Crippen LogP contribution in [0, 0.1) is 0 Å². The first-order valence-corrected chi connectivity index (χ1v) is 9.76. The molecule has 4 nitrogen and oxygen atoms in total. The first kappa shape index (κ1) is 20.7. The number of Topliss-reactive ketones (excluding diaryl/α,β-unsaturated/α-hetero) is 1. The summed E-state index contributed by atoms with van der Waals surface area (Å²) in [4.78, 5) is 24.2. The van der Waals surface area contributed by atoms with Crippen molar-refractivity contribution in [3.05, 3.63) is 11.3 Å². The number of hydrogen-bond acceptors (Lipinski definition) is 4. The third-order valence-corrected chi connectivity index (χ3v) is 4.61. The molecule has 24 heavy (non-hydrogen) atoms. The van der Waals surface area contributed by atoms with Gasteiger partial charge in [0.05, 0.1) is 0 Å². The topological polar surface area (TPSA) is 63.6 Å². The molecule has 1 unspecified atom stereocenters. The van der Waals surface area contributed by atoms with Gasteiger partial charge < -0.3 is 9.84 Å². The molecule has 0 aromatic heterocycles. The maximum absolute atomic E-state index is 12.2. The van der Waals surface area contributed by atoms with E-state index in [1.807, 2.05) is 0 Å². The highest BCUT2D eigenvalue weighted by atomic mass is 16.5. The van der Waals surface area contributed by atoms with Crippen molar-refractivity contribution in [2.24, 2.45) is 0 Å². The van der Waals surface area contributed by atoms with E-state index >= 15 is 0 Å². The number of allylic oxidation sites excluding steroid dienone is 1. The first-order valence-electron chi connectivity index (χ1n) is 9.76. The molecule has 0 saturated carbocycles. The van der Waals surface area contributed by atoms with Gasteiger partial charge in [-0.2, -0.15) is 0 Å². The van der Waals surface area contributed by atoms with Gasteiger partial charge in [0, 0.05) is 12.8 Å². The van der Waals surface area contributed by atoms with Crippen LogP contribution in [0.15, 0.2) is 11.3 Å². The average Bonchev–Trinajstić information content (AvgIpc) is 2.53. The molecule has 0 spiro atoms. The van der Waals surface area contributed by atoms with E-state index in [0.29, 0.717) is 6.42 Å². The summed E-state index contributed by atoms with van der Waals surface area (Å²) in [7, 11) is 0. The summed E-state index contributed by atoms with van der Waals surface area (Å²) in [6.07, 6.45) is 12.2. The zero-order valence-electron chi connectivity index (χ0n) is 15.4. The Kier molecular flexibility index (Phi) is 10.4. The van der Waals surface area contributed by atoms with Crippen molar-refractivity contribution in [3.8, 4) is 0 Å². The van der Waals surface area contributed by atoms with E-state index in [9.17, 15) is 14.7 Å². The van der Waals surface area contributed by atoms with Crippen LogP contribution < -0.4 is 0 Å². The Morgan fingerprint density at radius 3 is 2.17 bits per heavy atom. The smallest absolute Gasteiger partial charge is 0.345 e. The van der Waals surface area contributed by atoms with Gasteiger partial charge >= 0.3 is 5.97 Å². The lowest BCUT2D eigenvalue weighted by Gasteiger charge is -2.23. The van der Waals surface area contributed by atoms with E-state index in [-0.39, 0.29) is 29.6 Å². The lowest BCUT2D eigenvalue weighted by atomic mass is 9.96. The Morgan fingerprint density at radius 1 is 0.958 bits per heavy atom. The van der Waals surface area contributed by atoms with Crippen LogP contribution in [0.5, 0.6) is 0 Å². The van der Waals surface area contributed by atoms with Crippen molar-refractivity contribution in [3.63, 3.8) is 0 Å². The largest absolute Gasteiger partial charge is 0.511 e. The molecule has 138 valence electrons. The van der Waals surface area contributed by atoms with Crippen LogP contribution in [0.4, 0.5) is 0 Å². The number of hydrogen-bond donors (Lipinski definition) is 1. The van der Waals surface area contributed by atoms with E-state index in [0.717, 1.165) is 38.5 Å². The van der Waals surface area contributed by atoms with Crippen LogP contribution in [-0.2, 0) is 14.3 Å². The molecule has 0 aromatic carbocycles. The van der Waals surface area contributed by atoms with Gasteiger partial charge in [0.25, 0.3) is 0 Å². The predicted molar refractivity (Wildman–Crippen MR) is 95.9 cm³/mol. The average molecular weight is 338 g/mol. The van der Waals surface area contributed by atoms with E-state index in [4.69, 9.17) is 4.74 Å². The van der Waals surface area contributed by atoms with Crippen molar-refractivity contribution >= 4 is 11.8 Å². The minimum atomic E-state index is -0.631. The third kappa shape index (κ3) is 7.50.